The van der Waals surface area contributed by atoms with Crippen molar-refractivity contribution in [1.82, 2.24) is 0 Å². The van der Waals surface area contributed by atoms with Gasteiger partial charge in [-0.05, 0) is 24.5 Å². The summed E-state index contributed by atoms with van der Waals surface area (Å²) in [7, 11) is -0.375. The number of para-hydroxylation sites is 2. The van der Waals surface area contributed by atoms with Crippen molar-refractivity contribution in [1.29, 1.82) is 0 Å². The Balaban J connectivity index is 2.12. The Morgan fingerprint density at radius 1 is 1.36 bits per heavy atom. The van der Waals surface area contributed by atoms with Crippen LogP contribution < -0.4 is 9.31 Å². The Kier molecular flexibility index (Phi) is 2.68. The fourth-order valence-corrected chi connectivity index (χ4v) is 1.36. The van der Waals surface area contributed by atoms with Crippen molar-refractivity contribution in [3.8, 4) is 11.5 Å². The predicted molar refractivity (Wildman–Crippen MR) is 57.7 cm³/mol. The van der Waals surface area contributed by atoms with Crippen molar-refractivity contribution in [3.05, 3.63) is 35.3 Å². The zero-order valence-corrected chi connectivity index (χ0v) is 8.62. The lowest BCUT2D eigenvalue weighted by molar-refractivity contribution is 0.517. The van der Waals surface area contributed by atoms with Crippen LogP contribution in [-0.2, 0) is 0 Å². The highest BCUT2D eigenvalue weighted by Gasteiger charge is 2.29. The van der Waals surface area contributed by atoms with Crippen molar-refractivity contribution >= 4 is 18.7 Å². The van der Waals surface area contributed by atoms with Crippen LogP contribution in [0.15, 0.2) is 35.3 Å². The molecule has 0 bridgehead atoms. The number of hydrogen-bond acceptors (Lipinski definition) is 2. The Labute approximate surface area is 88.6 Å². The van der Waals surface area contributed by atoms with Gasteiger partial charge in [0.25, 0.3) is 0 Å². The molecule has 0 saturated carbocycles. The second kappa shape index (κ2) is 3.97. The minimum Gasteiger partial charge on any atom is -0.520 e. The molecule has 0 fully saturated rings. The first-order valence-electron chi connectivity index (χ1n) is 4.58. The van der Waals surface area contributed by atoms with Gasteiger partial charge in [0, 0.05) is 5.03 Å². The van der Waals surface area contributed by atoms with Crippen molar-refractivity contribution in [2.75, 3.05) is 0 Å². The van der Waals surface area contributed by atoms with E-state index in [0.717, 1.165) is 23.0 Å². The van der Waals surface area contributed by atoms with E-state index in [4.69, 9.17) is 20.9 Å². The number of halogens is 1. The van der Waals surface area contributed by atoms with Gasteiger partial charge in [0.2, 0.25) is 0 Å². The lowest BCUT2D eigenvalue weighted by Crippen LogP contribution is -2.21. The topological polar surface area (TPSA) is 18.5 Å². The third kappa shape index (κ3) is 1.88. The first-order chi connectivity index (χ1) is 6.79. The van der Waals surface area contributed by atoms with Gasteiger partial charge in [-0.1, -0.05) is 30.7 Å². The average molecular weight is 208 g/mol. The molecule has 0 amide bonds. The summed E-state index contributed by atoms with van der Waals surface area (Å²) < 4.78 is 11.0. The fraction of sp³-hybridized carbons (Fsp3) is 0.200. The monoisotopic (exact) mass is 208 g/mol. The molecular weight excluding hydrogens is 198 g/mol. The highest BCUT2D eigenvalue weighted by molar-refractivity contribution is 6.55. The maximum Gasteiger partial charge on any atom is 0.626 e. The first-order valence-corrected chi connectivity index (χ1v) is 4.96. The van der Waals surface area contributed by atoms with E-state index in [0.29, 0.717) is 0 Å². The van der Waals surface area contributed by atoms with E-state index in [1.165, 1.54) is 0 Å². The third-order valence-electron chi connectivity index (χ3n) is 1.99. The lowest BCUT2D eigenvalue weighted by Gasteiger charge is -1.98. The fourth-order valence-electron chi connectivity index (χ4n) is 1.25. The highest BCUT2D eigenvalue weighted by atomic mass is 35.5. The lowest BCUT2D eigenvalue weighted by atomic mass is 9.90. The smallest absolute Gasteiger partial charge is 0.520 e. The van der Waals surface area contributed by atoms with E-state index < -0.39 is 0 Å². The minimum atomic E-state index is -0.375. The van der Waals surface area contributed by atoms with Gasteiger partial charge in [-0.25, -0.2) is 0 Å². The van der Waals surface area contributed by atoms with Crippen LogP contribution in [0.2, 0.25) is 0 Å². The molecule has 1 aromatic carbocycles. The highest BCUT2D eigenvalue weighted by Crippen LogP contribution is 2.33. The molecule has 1 heterocycles. The molecule has 1 aliphatic heterocycles. The van der Waals surface area contributed by atoms with Crippen LogP contribution >= 0.6 is 11.6 Å². The molecule has 1 aliphatic rings. The molecule has 14 heavy (non-hydrogen) atoms. The Bertz CT molecular complexity index is 340. The second-order valence-corrected chi connectivity index (χ2v) is 3.50. The van der Waals surface area contributed by atoms with E-state index in [2.05, 4.69) is 0 Å². The van der Waals surface area contributed by atoms with Crippen LogP contribution in [0.1, 0.15) is 13.3 Å². The van der Waals surface area contributed by atoms with E-state index in [-0.39, 0.29) is 7.12 Å². The van der Waals surface area contributed by atoms with Crippen LogP contribution in [-0.4, -0.2) is 7.12 Å². The number of fused-ring (bicyclic) bond motifs is 1. The normalized spacial score (nSPS) is 14.7. The van der Waals surface area contributed by atoms with Gasteiger partial charge >= 0.3 is 7.12 Å². The molecule has 0 saturated heterocycles. The summed E-state index contributed by atoms with van der Waals surface area (Å²) in [5.41, 5.74) is 0. The molecule has 0 N–H and O–H groups in total. The molecule has 0 unspecified atom stereocenters. The molecule has 0 aliphatic carbocycles. The summed E-state index contributed by atoms with van der Waals surface area (Å²) in [5, 5.41) is 0.753. The summed E-state index contributed by atoms with van der Waals surface area (Å²) in [5.74, 6) is 3.32. The summed E-state index contributed by atoms with van der Waals surface area (Å²) >= 11 is 5.89. The van der Waals surface area contributed by atoms with Crippen LogP contribution in [0.3, 0.4) is 0 Å². The van der Waals surface area contributed by atoms with Gasteiger partial charge in [-0.3, -0.25) is 0 Å². The van der Waals surface area contributed by atoms with Crippen molar-refractivity contribution < 1.29 is 9.31 Å². The molecular formula is C10H10BClO2. The molecule has 0 radical (unpaired) electrons. The van der Waals surface area contributed by atoms with E-state index in [1.54, 1.807) is 5.98 Å². The maximum absolute atomic E-state index is 5.89. The predicted octanol–water partition coefficient (Wildman–Crippen LogP) is 3.02. The SMILES string of the molecule is CC/C(Cl)=C\B1Oc2ccccc2O1. The molecule has 0 spiro atoms. The summed E-state index contributed by atoms with van der Waals surface area (Å²) in [6.07, 6.45) is 0.793. The van der Waals surface area contributed by atoms with E-state index in [1.807, 2.05) is 31.2 Å². The third-order valence-corrected chi connectivity index (χ3v) is 2.38. The summed E-state index contributed by atoms with van der Waals surface area (Å²) in [6, 6.07) is 7.58. The maximum atomic E-state index is 5.89. The van der Waals surface area contributed by atoms with Gasteiger partial charge in [-0.15, -0.1) is 0 Å². The Morgan fingerprint density at radius 2 is 1.93 bits per heavy atom. The Morgan fingerprint density at radius 3 is 2.43 bits per heavy atom. The molecule has 4 heteroatoms. The number of allylic oxidation sites excluding steroid dienone is 1. The molecule has 0 aromatic heterocycles. The zero-order valence-electron chi connectivity index (χ0n) is 7.87. The quantitative estimate of drug-likeness (QED) is 0.696. The average Bonchev–Trinajstić information content (AvgIpc) is 2.59. The van der Waals surface area contributed by atoms with Crippen LogP contribution in [0.5, 0.6) is 11.5 Å². The summed E-state index contributed by atoms with van der Waals surface area (Å²) in [4.78, 5) is 0. The minimum absolute atomic E-state index is 0.375. The first kappa shape index (κ1) is 9.47. The van der Waals surface area contributed by atoms with Gasteiger partial charge in [-0.2, -0.15) is 0 Å². The largest absolute Gasteiger partial charge is 0.626 e. The van der Waals surface area contributed by atoms with Crippen LogP contribution in [0.4, 0.5) is 0 Å². The molecule has 0 atom stereocenters. The van der Waals surface area contributed by atoms with E-state index in [9.17, 15) is 0 Å². The number of benzene rings is 1. The molecule has 2 nitrogen and oxygen atoms in total. The second-order valence-electron chi connectivity index (χ2n) is 3.02. The standard InChI is InChI=1S/C10H10BClO2/c1-2-8(12)7-11-13-9-5-3-4-6-10(9)14-11/h3-7H,2H2,1H3/b8-7+. The molecule has 72 valence electrons. The van der Waals surface area contributed by atoms with Crippen LogP contribution in [0.25, 0.3) is 0 Å². The number of hydrogen-bond donors (Lipinski definition) is 0. The van der Waals surface area contributed by atoms with E-state index >= 15 is 0 Å². The van der Waals surface area contributed by atoms with Gasteiger partial charge in [0.05, 0.1) is 0 Å². The van der Waals surface area contributed by atoms with Gasteiger partial charge < -0.3 is 9.31 Å². The zero-order chi connectivity index (χ0) is 9.97. The summed E-state index contributed by atoms with van der Waals surface area (Å²) in [6.45, 7) is 1.99. The van der Waals surface area contributed by atoms with Crippen molar-refractivity contribution in [2.24, 2.45) is 0 Å². The Hall–Kier alpha value is -1.09. The molecule has 1 aromatic rings. The van der Waals surface area contributed by atoms with Gasteiger partial charge in [0.15, 0.2) is 0 Å². The van der Waals surface area contributed by atoms with Gasteiger partial charge in [0.1, 0.15) is 11.5 Å². The van der Waals surface area contributed by atoms with Crippen LogP contribution in [0, 0.1) is 0 Å². The molecule has 2 rings (SSSR count). The van der Waals surface area contributed by atoms with Crippen molar-refractivity contribution in [2.45, 2.75) is 13.3 Å². The number of rotatable bonds is 2. The van der Waals surface area contributed by atoms with Crippen molar-refractivity contribution in [3.63, 3.8) is 0 Å².